The van der Waals surface area contributed by atoms with Crippen molar-refractivity contribution in [3.63, 3.8) is 0 Å². The molecule has 0 unspecified atom stereocenters. The van der Waals surface area contributed by atoms with Gasteiger partial charge in [-0.1, -0.05) is 0 Å². The molecule has 0 atom stereocenters. The van der Waals surface area contributed by atoms with E-state index < -0.39 is 0 Å². The van der Waals surface area contributed by atoms with Gasteiger partial charge < -0.3 is 24.1 Å². The standard InChI is InChI=1S/C20H22N2O5/c1-12-8-15(13-6-7-16(23)17(9-13)24-2)22(21-12)14-10-18(25-3)20(27-5)19(11-14)26-4/h6-11,23H,1-5H3. The zero-order valence-electron chi connectivity index (χ0n) is 15.9. The van der Waals surface area contributed by atoms with E-state index in [2.05, 4.69) is 5.10 Å². The van der Waals surface area contributed by atoms with E-state index in [0.717, 1.165) is 22.6 Å². The monoisotopic (exact) mass is 370 g/mol. The van der Waals surface area contributed by atoms with Crippen molar-refractivity contribution in [1.82, 2.24) is 9.78 Å². The lowest BCUT2D eigenvalue weighted by Gasteiger charge is -2.15. The number of benzene rings is 2. The summed E-state index contributed by atoms with van der Waals surface area (Å²) in [7, 11) is 6.22. The lowest BCUT2D eigenvalue weighted by Crippen LogP contribution is -2.03. The average Bonchev–Trinajstić information content (AvgIpc) is 3.08. The zero-order valence-corrected chi connectivity index (χ0v) is 15.9. The van der Waals surface area contributed by atoms with Crippen LogP contribution >= 0.6 is 0 Å². The summed E-state index contributed by atoms with van der Waals surface area (Å²) in [5, 5.41) is 14.5. The van der Waals surface area contributed by atoms with E-state index in [0.29, 0.717) is 23.0 Å². The van der Waals surface area contributed by atoms with Gasteiger partial charge in [0.05, 0.1) is 45.5 Å². The van der Waals surface area contributed by atoms with Crippen LogP contribution in [-0.2, 0) is 0 Å². The highest BCUT2D eigenvalue weighted by atomic mass is 16.5. The fraction of sp³-hybridized carbons (Fsp3) is 0.250. The molecule has 3 rings (SSSR count). The summed E-state index contributed by atoms with van der Waals surface area (Å²) in [5.41, 5.74) is 3.27. The SMILES string of the molecule is COc1cc(-c2cc(C)nn2-c2cc(OC)c(OC)c(OC)c2)ccc1O. The van der Waals surface area contributed by atoms with Crippen molar-refractivity contribution in [1.29, 1.82) is 0 Å². The number of aromatic nitrogens is 2. The molecule has 1 N–H and O–H groups in total. The molecule has 27 heavy (non-hydrogen) atoms. The first-order chi connectivity index (χ1) is 13.0. The molecule has 3 aromatic rings. The smallest absolute Gasteiger partial charge is 0.203 e. The third-order valence-electron chi connectivity index (χ3n) is 4.20. The summed E-state index contributed by atoms with van der Waals surface area (Å²) >= 11 is 0. The van der Waals surface area contributed by atoms with Gasteiger partial charge in [-0.15, -0.1) is 0 Å². The van der Waals surface area contributed by atoms with E-state index in [1.54, 1.807) is 38.1 Å². The third kappa shape index (κ3) is 3.36. The Bertz CT molecular complexity index is 940. The second-order valence-corrected chi connectivity index (χ2v) is 5.85. The third-order valence-corrected chi connectivity index (χ3v) is 4.20. The summed E-state index contributed by atoms with van der Waals surface area (Å²) in [5.74, 6) is 2.06. The van der Waals surface area contributed by atoms with Crippen LogP contribution in [0.2, 0.25) is 0 Å². The number of phenolic OH excluding ortho intramolecular Hbond substituents is 1. The lowest BCUT2D eigenvalue weighted by atomic mass is 10.1. The van der Waals surface area contributed by atoms with Gasteiger partial charge in [0, 0.05) is 17.7 Å². The highest BCUT2D eigenvalue weighted by Crippen LogP contribution is 2.40. The summed E-state index contributed by atoms with van der Waals surface area (Å²) < 4.78 is 23.3. The highest BCUT2D eigenvalue weighted by molar-refractivity contribution is 5.68. The Morgan fingerprint density at radius 3 is 2.00 bits per heavy atom. The number of aryl methyl sites for hydroxylation is 1. The molecule has 7 nitrogen and oxygen atoms in total. The summed E-state index contributed by atoms with van der Waals surface area (Å²) in [6.45, 7) is 1.91. The number of hydrogen-bond acceptors (Lipinski definition) is 6. The Morgan fingerprint density at radius 1 is 0.815 bits per heavy atom. The second-order valence-electron chi connectivity index (χ2n) is 5.85. The van der Waals surface area contributed by atoms with Gasteiger partial charge in [-0.2, -0.15) is 5.10 Å². The summed E-state index contributed by atoms with van der Waals surface area (Å²) in [6.07, 6.45) is 0. The molecule has 1 aromatic heterocycles. The van der Waals surface area contributed by atoms with E-state index in [1.165, 1.54) is 7.11 Å². The predicted molar refractivity (Wildman–Crippen MR) is 102 cm³/mol. The molecule has 0 amide bonds. The molecule has 0 aliphatic carbocycles. The van der Waals surface area contributed by atoms with Gasteiger partial charge >= 0.3 is 0 Å². The van der Waals surface area contributed by atoms with Crippen LogP contribution in [0.25, 0.3) is 16.9 Å². The lowest BCUT2D eigenvalue weighted by molar-refractivity contribution is 0.324. The fourth-order valence-electron chi connectivity index (χ4n) is 2.93. The van der Waals surface area contributed by atoms with E-state index in [4.69, 9.17) is 18.9 Å². The minimum absolute atomic E-state index is 0.0804. The van der Waals surface area contributed by atoms with E-state index in [1.807, 2.05) is 31.2 Å². The highest BCUT2D eigenvalue weighted by Gasteiger charge is 2.18. The molecule has 142 valence electrons. The Kier molecular flexibility index (Phi) is 5.12. The van der Waals surface area contributed by atoms with Crippen LogP contribution < -0.4 is 18.9 Å². The van der Waals surface area contributed by atoms with Crippen molar-refractivity contribution >= 4 is 0 Å². The maximum Gasteiger partial charge on any atom is 0.203 e. The van der Waals surface area contributed by atoms with Crippen LogP contribution in [0, 0.1) is 6.92 Å². The molecule has 0 bridgehead atoms. The first-order valence-corrected chi connectivity index (χ1v) is 8.26. The molecule has 0 aliphatic heterocycles. The van der Waals surface area contributed by atoms with Gasteiger partial charge in [0.25, 0.3) is 0 Å². The van der Waals surface area contributed by atoms with Crippen molar-refractivity contribution in [3.8, 4) is 45.7 Å². The van der Waals surface area contributed by atoms with Gasteiger partial charge in [-0.05, 0) is 31.2 Å². The maximum atomic E-state index is 9.87. The minimum Gasteiger partial charge on any atom is -0.504 e. The quantitative estimate of drug-likeness (QED) is 0.715. The average molecular weight is 370 g/mol. The Morgan fingerprint density at radius 2 is 1.44 bits per heavy atom. The van der Waals surface area contributed by atoms with Crippen LogP contribution in [0.5, 0.6) is 28.7 Å². The minimum atomic E-state index is 0.0804. The maximum absolute atomic E-state index is 9.87. The fourth-order valence-corrected chi connectivity index (χ4v) is 2.93. The number of ether oxygens (including phenoxy) is 4. The Hall–Kier alpha value is -3.35. The summed E-state index contributed by atoms with van der Waals surface area (Å²) in [4.78, 5) is 0. The largest absolute Gasteiger partial charge is 0.504 e. The van der Waals surface area contributed by atoms with E-state index >= 15 is 0 Å². The van der Waals surface area contributed by atoms with Crippen molar-refractivity contribution in [2.75, 3.05) is 28.4 Å². The first kappa shape index (κ1) is 18.4. The van der Waals surface area contributed by atoms with Crippen LogP contribution in [0.3, 0.4) is 0 Å². The molecule has 0 spiro atoms. The van der Waals surface area contributed by atoms with Crippen LogP contribution in [0.1, 0.15) is 5.69 Å². The van der Waals surface area contributed by atoms with Crippen molar-refractivity contribution in [2.24, 2.45) is 0 Å². The molecule has 0 saturated carbocycles. The number of nitrogens with zero attached hydrogens (tertiary/aromatic N) is 2. The number of hydrogen-bond donors (Lipinski definition) is 1. The molecule has 0 fully saturated rings. The van der Waals surface area contributed by atoms with Gasteiger partial charge in [-0.25, -0.2) is 4.68 Å². The summed E-state index contributed by atoms with van der Waals surface area (Å²) in [6, 6.07) is 10.8. The van der Waals surface area contributed by atoms with Crippen LogP contribution in [-0.4, -0.2) is 43.3 Å². The van der Waals surface area contributed by atoms with Crippen molar-refractivity contribution < 1.29 is 24.1 Å². The number of methoxy groups -OCH3 is 4. The molecule has 2 aromatic carbocycles. The molecular formula is C20H22N2O5. The number of phenols is 1. The Labute approximate surface area is 157 Å². The van der Waals surface area contributed by atoms with E-state index in [9.17, 15) is 5.11 Å². The van der Waals surface area contributed by atoms with Crippen LogP contribution in [0.4, 0.5) is 0 Å². The van der Waals surface area contributed by atoms with Gasteiger partial charge in [0.2, 0.25) is 5.75 Å². The van der Waals surface area contributed by atoms with Crippen molar-refractivity contribution in [2.45, 2.75) is 6.92 Å². The second kappa shape index (κ2) is 7.49. The topological polar surface area (TPSA) is 75.0 Å². The van der Waals surface area contributed by atoms with Crippen molar-refractivity contribution in [3.05, 3.63) is 42.1 Å². The van der Waals surface area contributed by atoms with Crippen LogP contribution in [0.15, 0.2) is 36.4 Å². The molecule has 0 saturated heterocycles. The van der Waals surface area contributed by atoms with E-state index in [-0.39, 0.29) is 5.75 Å². The Balaban J connectivity index is 2.20. The van der Waals surface area contributed by atoms with Gasteiger partial charge in [0.1, 0.15) is 0 Å². The normalized spacial score (nSPS) is 10.6. The number of rotatable bonds is 6. The van der Waals surface area contributed by atoms with Gasteiger partial charge in [0.15, 0.2) is 23.0 Å². The molecular weight excluding hydrogens is 348 g/mol. The molecule has 1 heterocycles. The first-order valence-electron chi connectivity index (χ1n) is 8.26. The molecule has 0 aliphatic rings. The van der Waals surface area contributed by atoms with Gasteiger partial charge in [-0.3, -0.25) is 0 Å². The predicted octanol–water partition coefficient (Wildman–Crippen LogP) is 3.59. The molecule has 7 heteroatoms. The number of aromatic hydroxyl groups is 1. The zero-order chi connectivity index (χ0) is 19.6. The molecule has 0 radical (unpaired) electrons.